The molecule has 1 fully saturated rings. The minimum absolute atomic E-state index is 0.0507. The third-order valence-electron chi connectivity index (χ3n) is 6.44. The summed E-state index contributed by atoms with van der Waals surface area (Å²) < 4.78 is 41.9. The molecular formula is C25H24F3N3O3. The Morgan fingerprint density at radius 2 is 1.94 bits per heavy atom. The number of pyridine rings is 2. The number of halogens is 3. The lowest BCUT2D eigenvalue weighted by atomic mass is 9.71. The number of alkyl halides is 1. The molecule has 3 N–H and O–H groups in total. The molecule has 0 aliphatic heterocycles. The number of rotatable bonds is 5. The van der Waals surface area contributed by atoms with Crippen LogP contribution in [0.4, 0.5) is 18.9 Å². The molecule has 1 amide bonds. The van der Waals surface area contributed by atoms with Crippen LogP contribution in [-0.2, 0) is 0 Å². The molecule has 1 saturated carbocycles. The number of carbonyl (C=O) groups is 1. The number of anilines is 1. The number of aromatic nitrogens is 2. The third kappa shape index (κ3) is 4.61. The number of aliphatic hydroxyl groups is 1. The van der Waals surface area contributed by atoms with Gasteiger partial charge in [0, 0.05) is 12.1 Å². The lowest BCUT2D eigenvalue weighted by Crippen LogP contribution is -2.36. The van der Waals surface area contributed by atoms with Gasteiger partial charge in [-0.3, -0.25) is 14.2 Å². The van der Waals surface area contributed by atoms with Gasteiger partial charge in [-0.2, -0.15) is 0 Å². The smallest absolute Gasteiger partial charge is 0.274 e. The minimum Gasteiger partial charge on any atom is -0.507 e. The maximum atomic E-state index is 14.4. The van der Waals surface area contributed by atoms with Crippen LogP contribution in [0.2, 0.25) is 0 Å². The summed E-state index contributed by atoms with van der Waals surface area (Å²) in [6.45, 7) is 1.30. The lowest BCUT2D eigenvalue weighted by molar-refractivity contribution is 0.0158. The van der Waals surface area contributed by atoms with Crippen molar-refractivity contribution in [1.82, 2.24) is 9.97 Å². The Balaban J connectivity index is 1.62. The van der Waals surface area contributed by atoms with Gasteiger partial charge in [0.1, 0.15) is 28.8 Å². The normalized spacial score (nSPS) is 22.4. The predicted molar refractivity (Wildman–Crippen MR) is 120 cm³/mol. The van der Waals surface area contributed by atoms with Crippen molar-refractivity contribution in [3.63, 3.8) is 0 Å². The molecule has 6 nitrogen and oxygen atoms in total. The van der Waals surface area contributed by atoms with Gasteiger partial charge in [-0.05, 0) is 60.6 Å². The number of hydrogen-bond donors (Lipinski definition) is 3. The molecule has 4 atom stereocenters. The van der Waals surface area contributed by atoms with Crippen molar-refractivity contribution in [2.45, 2.75) is 31.8 Å². The second-order valence-corrected chi connectivity index (χ2v) is 8.61. The number of nitrogens with zero attached hydrogens (tertiary/aromatic N) is 2. The largest absolute Gasteiger partial charge is 0.507 e. The summed E-state index contributed by atoms with van der Waals surface area (Å²) in [6, 6.07) is 7.38. The highest BCUT2D eigenvalue weighted by atomic mass is 19.1. The summed E-state index contributed by atoms with van der Waals surface area (Å²) in [7, 11) is 0. The van der Waals surface area contributed by atoms with Crippen LogP contribution in [0.15, 0.2) is 48.8 Å². The quantitative estimate of drug-likeness (QED) is 0.495. The Labute approximate surface area is 194 Å². The van der Waals surface area contributed by atoms with Gasteiger partial charge in [0.2, 0.25) is 0 Å². The summed E-state index contributed by atoms with van der Waals surface area (Å²) in [6.07, 6.45) is 3.20. The molecule has 34 heavy (non-hydrogen) atoms. The van der Waals surface area contributed by atoms with Crippen molar-refractivity contribution in [2.24, 2.45) is 11.8 Å². The van der Waals surface area contributed by atoms with Crippen LogP contribution in [0.25, 0.3) is 11.3 Å². The number of carbonyl (C=O) groups excluding carboxylic acids is 1. The van der Waals surface area contributed by atoms with Crippen molar-refractivity contribution in [3.05, 3.63) is 71.7 Å². The number of hydrogen-bond acceptors (Lipinski definition) is 5. The molecule has 1 aliphatic rings. The Bertz CT molecular complexity index is 1170. The molecule has 0 bridgehead atoms. The van der Waals surface area contributed by atoms with Crippen LogP contribution in [0.5, 0.6) is 5.75 Å². The first kappa shape index (κ1) is 23.7. The SMILES string of the molecule is C[C@H]1C[C@@H](c2ccncc2NC(=O)c2ccc(F)c(-c3c(O)cccc3F)n2)C[C@@H](O)[C@H]1CF. The van der Waals surface area contributed by atoms with Gasteiger partial charge in [-0.15, -0.1) is 0 Å². The van der Waals surface area contributed by atoms with E-state index in [4.69, 9.17) is 0 Å². The second kappa shape index (κ2) is 9.80. The Kier molecular flexibility index (Phi) is 6.83. The van der Waals surface area contributed by atoms with Crippen molar-refractivity contribution in [1.29, 1.82) is 0 Å². The van der Waals surface area contributed by atoms with Crippen LogP contribution < -0.4 is 5.32 Å². The van der Waals surface area contributed by atoms with E-state index in [1.807, 2.05) is 6.92 Å². The molecule has 1 aliphatic carbocycles. The van der Waals surface area contributed by atoms with Gasteiger partial charge in [-0.1, -0.05) is 13.0 Å². The van der Waals surface area contributed by atoms with Crippen molar-refractivity contribution < 1.29 is 28.2 Å². The molecule has 0 saturated heterocycles. The van der Waals surface area contributed by atoms with Gasteiger partial charge in [-0.25, -0.2) is 13.8 Å². The van der Waals surface area contributed by atoms with Crippen LogP contribution in [-0.4, -0.2) is 38.9 Å². The number of phenols is 1. The van der Waals surface area contributed by atoms with Crippen LogP contribution in [0.1, 0.15) is 41.7 Å². The minimum atomic E-state index is -0.897. The van der Waals surface area contributed by atoms with Gasteiger partial charge < -0.3 is 15.5 Å². The van der Waals surface area contributed by atoms with E-state index in [-0.39, 0.29) is 17.5 Å². The van der Waals surface area contributed by atoms with Crippen LogP contribution in [0.3, 0.4) is 0 Å². The lowest BCUT2D eigenvalue weighted by Gasteiger charge is -2.37. The number of aliphatic hydroxyl groups excluding tert-OH is 1. The molecule has 9 heteroatoms. The molecule has 0 spiro atoms. The first-order valence-electron chi connectivity index (χ1n) is 10.9. The van der Waals surface area contributed by atoms with Gasteiger partial charge in [0.15, 0.2) is 0 Å². The number of phenolic OH excluding ortho intramolecular Hbond substituents is 1. The van der Waals surface area contributed by atoms with E-state index >= 15 is 0 Å². The number of nitrogens with one attached hydrogen (secondary N) is 1. The highest BCUT2D eigenvalue weighted by molar-refractivity contribution is 6.03. The summed E-state index contributed by atoms with van der Waals surface area (Å²) in [5, 5.41) is 23.1. The van der Waals surface area contributed by atoms with Crippen molar-refractivity contribution in [3.8, 4) is 17.0 Å². The fourth-order valence-electron chi connectivity index (χ4n) is 4.62. The predicted octanol–water partition coefficient (Wildman–Crippen LogP) is 4.84. The van der Waals surface area contributed by atoms with Gasteiger partial charge >= 0.3 is 0 Å². The van der Waals surface area contributed by atoms with E-state index in [9.17, 15) is 28.2 Å². The average Bonchev–Trinajstić information content (AvgIpc) is 2.80. The van der Waals surface area contributed by atoms with Crippen molar-refractivity contribution >= 4 is 11.6 Å². The molecule has 2 heterocycles. The molecule has 0 radical (unpaired) electrons. The van der Waals surface area contributed by atoms with E-state index < -0.39 is 53.2 Å². The maximum Gasteiger partial charge on any atom is 0.274 e. The van der Waals surface area contributed by atoms with Crippen LogP contribution in [0, 0.1) is 23.5 Å². The maximum absolute atomic E-state index is 14.4. The molecule has 0 unspecified atom stereocenters. The van der Waals surface area contributed by atoms with E-state index in [1.54, 1.807) is 12.3 Å². The standard InChI is InChI=1S/C25H24F3N3O3/c1-13-9-14(10-22(33)16(13)11-26)15-7-8-29-12-20(15)31-25(34)19-6-5-18(28)24(30-19)23-17(27)3-2-4-21(23)32/h2-8,12-14,16,22,32-33H,9-11H2,1H3,(H,31,34)/t13-,14+,16-,22+/m0/s1. The molecule has 2 aromatic heterocycles. The number of amides is 1. The fraction of sp³-hybridized carbons (Fsp3) is 0.320. The summed E-state index contributed by atoms with van der Waals surface area (Å²) in [5.41, 5.74) is 0.00140. The molecule has 178 valence electrons. The molecular weight excluding hydrogens is 447 g/mol. The monoisotopic (exact) mass is 471 g/mol. The zero-order valence-corrected chi connectivity index (χ0v) is 18.4. The van der Waals surface area contributed by atoms with Gasteiger partial charge in [0.05, 0.1) is 30.2 Å². The third-order valence-corrected chi connectivity index (χ3v) is 6.44. The molecule has 1 aromatic carbocycles. The first-order chi connectivity index (χ1) is 16.3. The highest BCUT2D eigenvalue weighted by Gasteiger charge is 2.36. The first-order valence-corrected chi connectivity index (χ1v) is 10.9. The van der Waals surface area contributed by atoms with E-state index in [0.29, 0.717) is 18.5 Å². The van der Waals surface area contributed by atoms with Crippen LogP contribution >= 0.6 is 0 Å². The number of aromatic hydroxyl groups is 1. The molecule has 4 rings (SSSR count). The zero-order chi connectivity index (χ0) is 24.4. The topological polar surface area (TPSA) is 95.3 Å². The Hall–Kier alpha value is -3.46. The second-order valence-electron chi connectivity index (χ2n) is 8.61. The Morgan fingerprint density at radius 3 is 2.65 bits per heavy atom. The summed E-state index contributed by atoms with van der Waals surface area (Å²) >= 11 is 0. The summed E-state index contributed by atoms with van der Waals surface area (Å²) in [4.78, 5) is 21.0. The average molecular weight is 471 g/mol. The fourth-order valence-corrected chi connectivity index (χ4v) is 4.62. The molecule has 3 aromatic rings. The zero-order valence-electron chi connectivity index (χ0n) is 18.4. The highest BCUT2D eigenvalue weighted by Crippen LogP contribution is 2.42. The van der Waals surface area contributed by atoms with Gasteiger partial charge in [0.25, 0.3) is 5.91 Å². The van der Waals surface area contributed by atoms with E-state index in [1.165, 1.54) is 18.3 Å². The Morgan fingerprint density at radius 1 is 1.15 bits per heavy atom. The van der Waals surface area contributed by atoms with Crippen molar-refractivity contribution in [2.75, 3.05) is 12.0 Å². The van der Waals surface area contributed by atoms with E-state index in [0.717, 1.165) is 23.8 Å². The summed E-state index contributed by atoms with van der Waals surface area (Å²) in [5.74, 6) is -3.56. The number of benzene rings is 1. The van der Waals surface area contributed by atoms with E-state index in [2.05, 4.69) is 15.3 Å².